The second kappa shape index (κ2) is 13.4. The van der Waals surface area contributed by atoms with Gasteiger partial charge in [0.05, 0.1) is 17.2 Å². The molecule has 0 bridgehead atoms. The maximum atomic E-state index is 11.0. The lowest BCUT2D eigenvalue weighted by atomic mass is 10.2. The minimum atomic E-state index is -0.169. The van der Waals surface area contributed by atoms with Gasteiger partial charge in [-0.15, -0.1) is 0 Å². The molecule has 4 nitrogen and oxygen atoms in total. The molecule has 0 aliphatic heterocycles. The largest absolute Gasteiger partial charge is 0.493 e. The summed E-state index contributed by atoms with van der Waals surface area (Å²) in [6.45, 7) is 5.96. The molecule has 1 amide bonds. The standard InChI is InChI=1S/C11H15NO3.C6H4Cl2.C2H6/c1-8-4-5-9(10(6-8)14-3)15-7-11(13)12-2;7-5-3-1-2-4-6(5)8;1-2/h4-6H,7H2,1-3H3,(H,12,13);1-4H;1-2H3. The Morgan fingerprint density at radius 2 is 1.60 bits per heavy atom. The van der Waals surface area contributed by atoms with Crippen molar-refractivity contribution in [3.05, 3.63) is 58.1 Å². The fourth-order valence-electron chi connectivity index (χ4n) is 1.55. The molecule has 6 heteroatoms. The van der Waals surface area contributed by atoms with Crippen molar-refractivity contribution in [2.45, 2.75) is 20.8 Å². The highest BCUT2D eigenvalue weighted by molar-refractivity contribution is 6.41. The first kappa shape index (κ1) is 23.1. The fourth-order valence-corrected chi connectivity index (χ4v) is 1.82. The molecule has 0 spiro atoms. The Morgan fingerprint density at radius 3 is 2.04 bits per heavy atom. The van der Waals surface area contributed by atoms with Gasteiger partial charge in [0.15, 0.2) is 18.1 Å². The van der Waals surface area contributed by atoms with Gasteiger partial charge in [-0.2, -0.15) is 0 Å². The van der Waals surface area contributed by atoms with E-state index in [0.717, 1.165) is 5.56 Å². The van der Waals surface area contributed by atoms with Crippen molar-refractivity contribution in [2.24, 2.45) is 0 Å². The highest BCUT2D eigenvalue weighted by atomic mass is 35.5. The summed E-state index contributed by atoms with van der Waals surface area (Å²) < 4.78 is 10.4. The number of likely N-dealkylation sites (N-methyl/N-ethyl adjacent to an activating group) is 1. The molecule has 1 N–H and O–H groups in total. The summed E-state index contributed by atoms with van der Waals surface area (Å²) in [5.41, 5.74) is 1.08. The molecular weight excluding hydrogens is 361 g/mol. The molecule has 0 aliphatic rings. The second-order valence-electron chi connectivity index (χ2n) is 4.53. The number of carbonyl (C=O) groups is 1. The van der Waals surface area contributed by atoms with Gasteiger partial charge in [0.25, 0.3) is 5.91 Å². The van der Waals surface area contributed by atoms with Crippen LogP contribution >= 0.6 is 23.2 Å². The predicted molar refractivity (Wildman–Crippen MR) is 105 cm³/mol. The van der Waals surface area contributed by atoms with E-state index in [2.05, 4.69) is 5.32 Å². The van der Waals surface area contributed by atoms with Crippen LogP contribution in [0.2, 0.25) is 10.0 Å². The minimum Gasteiger partial charge on any atom is -0.493 e. The van der Waals surface area contributed by atoms with Crippen LogP contribution in [-0.2, 0) is 4.79 Å². The molecule has 0 unspecified atom stereocenters. The van der Waals surface area contributed by atoms with Gasteiger partial charge in [0.1, 0.15) is 0 Å². The van der Waals surface area contributed by atoms with Crippen LogP contribution in [-0.4, -0.2) is 26.7 Å². The molecule has 2 aromatic carbocycles. The lowest BCUT2D eigenvalue weighted by molar-refractivity contribution is -0.122. The van der Waals surface area contributed by atoms with E-state index in [1.165, 1.54) is 0 Å². The Hall–Kier alpha value is -1.91. The lowest BCUT2D eigenvalue weighted by Gasteiger charge is -2.10. The van der Waals surface area contributed by atoms with Gasteiger partial charge in [-0.25, -0.2) is 0 Å². The summed E-state index contributed by atoms with van der Waals surface area (Å²) in [6, 6.07) is 12.7. The number of rotatable bonds is 4. The van der Waals surface area contributed by atoms with Crippen molar-refractivity contribution in [1.82, 2.24) is 5.32 Å². The van der Waals surface area contributed by atoms with Crippen molar-refractivity contribution >= 4 is 29.1 Å². The Kier molecular flexibility index (Phi) is 12.4. The van der Waals surface area contributed by atoms with E-state index >= 15 is 0 Å². The zero-order valence-corrected chi connectivity index (χ0v) is 16.7. The molecule has 2 rings (SSSR count). The average Bonchev–Trinajstić information content (AvgIpc) is 2.65. The molecular formula is C19H25Cl2NO3. The highest BCUT2D eigenvalue weighted by Gasteiger charge is 2.06. The van der Waals surface area contributed by atoms with Gasteiger partial charge in [-0.05, 0) is 36.8 Å². The molecule has 138 valence electrons. The Balaban J connectivity index is 0.000000483. The van der Waals surface area contributed by atoms with Crippen molar-refractivity contribution in [3.63, 3.8) is 0 Å². The van der Waals surface area contributed by atoms with Gasteiger partial charge in [0.2, 0.25) is 0 Å². The number of hydrogen-bond acceptors (Lipinski definition) is 3. The summed E-state index contributed by atoms with van der Waals surface area (Å²) in [6.07, 6.45) is 0. The Bertz CT molecular complexity index is 627. The van der Waals surface area contributed by atoms with Crippen molar-refractivity contribution in [3.8, 4) is 11.5 Å². The molecule has 25 heavy (non-hydrogen) atoms. The first-order chi connectivity index (χ1) is 12.0. The third kappa shape index (κ3) is 9.22. The number of hydrogen-bond donors (Lipinski definition) is 1. The van der Waals surface area contributed by atoms with Crippen molar-refractivity contribution < 1.29 is 14.3 Å². The molecule has 0 saturated heterocycles. The third-order valence-corrected chi connectivity index (χ3v) is 3.54. The van der Waals surface area contributed by atoms with E-state index < -0.39 is 0 Å². The average molecular weight is 386 g/mol. The normalized spacial score (nSPS) is 8.92. The minimum absolute atomic E-state index is 0.00405. The van der Waals surface area contributed by atoms with E-state index in [-0.39, 0.29) is 12.5 Å². The Morgan fingerprint density at radius 1 is 1.04 bits per heavy atom. The predicted octanol–water partition coefficient (Wildman–Crippen LogP) is 5.15. The SMILES string of the molecule is CC.CNC(=O)COc1ccc(C)cc1OC.Clc1ccccc1Cl. The maximum absolute atomic E-state index is 11.0. The first-order valence-electron chi connectivity index (χ1n) is 7.86. The van der Waals surface area contributed by atoms with Crippen LogP contribution in [0.25, 0.3) is 0 Å². The number of amides is 1. The number of halogens is 2. The van der Waals surface area contributed by atoms with E-state index in [1.807, 2.05) is 45.0 Å². The van der Waals surface area contributed by atoms with Gasteiger partial charge in [0, 0.05) is 7.05 Å². The molecule has 0 saturated carbocycles. The topological polar surface area (TPSA) is 47.6 Å². The zero-order valence-electron chi connectivity index (χ0n) is 15.2. The quantitative estimate of drug-likeness (QED) is 0.791. The van der Waals surface area contributed by atoms with E-state index in [1.54, 1.807) is 32.4 Å². The third-order valence-electron chi connectivity index (χ3n) is 2.78. The monoisotopic (exact) mass is 385 g/mol. The lowest BCUT2D eigenvalue weighted by Crippen LogP contribution is -2.24. The second-order valence-corrected chi connectivity index (χ2v) is 5.34. The summed E-state index contributed by atoms with van der Waals surface area (Å²) >= 11 is 11.2. The van der Waals surface area contributed by atoms with E-state index in [9.17, 15) is 4.79 Å². The number of methoxy groups -OCH3 is 1. The molecule has 2 aromatic rings. The molecule has 0 aromatic heterocycles. The van der Waals surface area contributed by atoms with E-state index in [4.69, 9.17) is 32.7 Å². The van der Waals surface area contributed by atoms with Crippen LogP contribution in [0, 0.1) is 6.92 Å². The van der Waals surface area contributed by atoms with Crippen LogP contribution in [0.1, 0.15) is 19.4 Å². The van der Waals surface area contributed by atoms with Crippen LogP contribution in [0.5, 0.6) is 11.5 Å². The summed E-state index contributed by atoms with van der Waals surface area (Å²) in [4.78, 5) is 11.0. The maximum Gasteiger partial charge on any atom is 0.257 e. The van der Waals surface area contributed by atoms with Gasteiger partial charge >= 0.3 is 0 Å². The Labute approximate surface area is 160 Å². The molecule has 0 radical (unpaired) electrons. The summed E-state index contributed by atoms with van der Waals surface area (Å²) in [5, 5.41) is 3.69. The van der Waals surface area contributed by atoms with Gasteiger partial charge in [-0.1, -0.05) is 55.2 Å². The highest BCUT2D eigenvalue weighted by Crippen LogP contribution is 2.27. The molecule has 0 atom stereocenters. The van der Waals surface area contributed by atoms with Crippen LogP contribution in [0.3, 0.4) is 0 Å². The van der Waals surface area contributed by atoms with Gasteiger partial charge in [-0.3, -0.25) is 4.79 Å². The molecule has 0 heterocycles. The van der Waals surface area contributed by atoms with Gasteiger partial charge < -0.3 is 14.8 Å². The fraction of sp³-hybridized carbons (Fsp3) is 0.316. The smallest absolute Gasteiger partial charge is 0.257 e. The number of benzene rings is 2. The summed E-state index contributed by atoms with van der Waals surface area (Å²) in [7, 11) is 3.14. The number of carbonyl (C=O) groups excluding carboxylic acids is 1. The summed E-state index contributed by atoms with van der Waals surface area (Å²) in [5.74, 6) is 1.04. The zero-order chi connectivity index (χ0) is 19.2. The van der Waals surface area contributed by atoms with E-state index in [0.29, 0.717) is 21.5 Å². The van der Waals surface area contributed by atoms with Crippen molar-refractivity contribution in [1.29, 1.82) is 0 Å². The molecule has 0 fully saturated rings. The van der Waals surface area contributed by atoms with Crippen molar-refractivity contribution in [2.75, 3.05) is 20.8 Å². The number of aryl methyl sites for hydroxylation is 1. The van der Waals surface area contributed by atoms with Crippen LogP contribution in [0.4, 0.5) is 0 Å². The first-order valence-corrected chi connectivity index (χ1v) is 8.61. The number of ether oxygens (including phenoxy) is 2. The molecule has 0 aliphatic carbocycles. The van der Waals surface area contributed by atoms with Crippen LogP contribution < -0.4 is 14.8 Å². The van der Waals surface area contributed by atoms with Crippen LogP contribution in [0.15, 0.2) is 42.5 Å². The number of nitrogens with one attached hydrogen (secondary N) is 1.